The van der Waals surface area contributed by atoms with Crippen molar-refractivity contribution in [1.29, 1.82) is 0 Å². The molecule has 1 N–H and O–H groups in total. The van der Waals surface area contributed by atoms with Crippen molar-refractivity contribution in [2.24, 2.45) is 0 Å². The minimum absolute atomic E-state index is 0.0981. The van der Waals surface area contributed by atoms with Gasteiger partial charge in [-0.1, -0.05) is 0 Å². The summed E-state index contributed by atoms with van der Waals surface area (Å²) < 4.78 is 29.6. The van der Waals surface area contributed by atoms with Gasteiger partial charge < -0.3 is 0 Å². The number of aliphatic hydroxyl groups excluding tert-OH is 1. The molecule has 3 nitrogen and oxygen atoms in total. The van der Waals surface area contributed by atoms with Gasteiger partial charge in [-0.25, -0.2) is 0 Å². The van der Waals surface area contributed by atoms with Crippen LogP contribution in [0.2, 0.25) is 5.02 Å². The number of hydrogen-bond acceptors (Lipinski definition) is 3. The van der Waals surface area contributed by atoms with Gasteiger partial charge in [0.1, 0.15) is 0 Å². The van der Waals surface area contributed by atoms with Gasteiger partial charge in [0.25, 0.3) is 0 Å². The number of rotatable bonds is 9. The first kappa shape index (κ1) is 24.8. The molecule has 32 heavy (non-hydrogen) atoms. The quantitative estimate of drug-likeness (QED) is 0.365. The summed E-state index contributed by atoms with van der Waals surface area (Å²) in [4.78, 5) is 0.296. The number of aryl methyl sites for hydroxylation is 1. The van der Waals surface area contributed by atoms with E-state index in [1.807, 2.05) is 37.3 Å². The fourth-order valence-electron chi connectivity index (χ4n) is 3.28. The topological polar surface area (TPSA) is 54.4 Å². The Balaban J connectivity index is 2.21. The van der Waals surface area contributed by atoms with Crippen molar-refractivity contribution in [3.63, 3.8) is 0 Å². The Labute approximate surface area is 202 Å². The summed E-state index contributed by atoms with van der Waals surface area (Å²) in [5, 5.41) is 11.9. The van der Waals surface area contributed by atoms with Gasteiger partial charge in [0, 0.05) is 0 Å². The van der Waals surface area contributed by atoms with Crippen LogP contribution in [0.1, 0.15) is 43.4 Å². The first-order valence-corrected chi connectivity index (χ1v) is 14.1. The van der Waals surface area contributed by atoms with E-state index in [9.17, 15) is 13.5 Å². The minimum atomic E-state index is -3.91. The summed E-state index contributed by atoms with van der Waals surface area (Å²) in [5.41, 5.74) is 1.49. The molecule has 0 saturated heterocycles. The van der Waals surface area contributed by atoms with Crippen LogP contribution >= 0.6 is 11.6 Å². The molecule has 0 radical (unpaired) electrons. The van der Waals surface area contributed by atoms with Crippen LogP contribution in [0.3, 0.4) is 0 Å². The molecule has 3 aromatic carbocycles. The summed E-state index contributed by atoms with van der Waals surface area (Å²) in [5.74, 6) is 0. The van der Waals surface area contributed by atoms with Crippen LogP contribution < -0.4 is 4.46 Å². The van der Waals surface area contributed by atoms with Crippen molar-refractivity contribution >= 4 is 40.9 Å². The number of sulfone groups is 1. The Bertz CT molecular complexity index is 1160. The summed E-state index contributed by atoms with van der Waals surface area (Å²) >= 11 is 5.79. The van der Waals surface area contributed by atoms with E-state index >= 15 is 0 Å². The number of hydrogen-bond donors (Lipinski definition) is 1. The maximum atomic E-state index is 13.9. The molecule has 1 atom stereocenters. The molecule has 0 aliphatic rings. The number of benzene rings is 3. The number of allylic oxidation sites excluding steroid dienone is 1. The van der Waals surface area contributed by atoms with Gasteiger partial charge in [-0.15, -0.1) is 0 Å². The number of halogens is 1. The van der Waals surface area contributed by atoms with Crippen LogP contribution in [0, 0.1) is 6.92 Å². The zero-order valence-corrected chi connectivity index (χ0v) is 21.4. The fourth-order valence-corrected chi connectivity index (χ4v) is 8.07. The van der Waals surface area contributed by atoms with Crippen molar-refractivity contribution < 1.29 is 13.5 Å². The summed E-state index contributed by atoms with van der Waals surface area (Å²) in [6.45, 7) is 4.00. The third-order valence-electron chi connectivity index (χ3n) is 5.07. The zero-order valence-electron chi connectivity index (χ0n) is 18.2. The second kappa shape index (κ2) is 11.3. The molecule has 0 fully saturated rings. The molecule has 0 aliphatic heterocycles. The average molecular weight is 534 g/mol. The Morgan fingerprint density at radius 1 is 0.969 bits per heavy atom. The van der Waals surface area contributed by atoms with Crippen molar-refractivity contribution in [1.82, 2.24) is 0 Å². The first-order chi connectivity index (χ1) is 15.3. The monoisotopic (exact) mass is 534 g/mol. The summed E-state index contributed by atoms with van der Waals surface area (Å²) in [6, 6.07) is 23.4. The van der Waals surface area contributed by atoms with Gasteiger partial charge in [-0.3, -0.25) is 0 Å². The molecule has 0 spiro atoms. The van der Waals surface area contributed by atoms with Gasteiger partial charge in [0.05, 0.1) is 0 Å². The second-order valence-corrected chi connectivity index (χ2v) is 12.4. The van der Waals surface area contributed by atoms with Gasteiger partial charge in [-0.05, 0) is 0 Å². The average Bonchev–Trinajstić information content (AvgIpc) is 2.78. The molecule has 3 aromatic rings. The molecule has 0 saturated carbocycles. The predicted octanol–water partition coefficient (Wildman–Crippen LogP) is 5.59. The second-order valence-electron chi connectivity index (χ2n) is 7.58. The van der Waals surface area contributed by atoms with Crippen LogP contribution in [0.4, 0.5) is 0 Å². The Kier molecular flexibility index (Phi) is 8.75. The van der Waals surface area contributed by atoms with Crippen molar-refractivity contribution in [3.8, 4) is 0 Å². The third-order valence-corrected chi connectivity index (χ3v) is 10.0. The fraction of sp³-hybridized carbons (Fsp3) is 0.231. The standard InChI is InChI=1S/C26H27ClO3SSe/c1-3-4-10-24(32-23-8-6-5-7-9-23)26(25(28)20-13-15-21(27)16-14-20)31(29,30)22-17-11-19(2)12-18-22/h5-9,11-18,25,28H,3-4,10H2,1-2H3/b26-24-. The van der Waals surface area contributed by atoms with E-state index in [0.29, 0.717) is 17.0 Å². The first-order valence-electron chi connectivity index (χ1n) is 10.5. The molecule has 168 valence electrons. The third kappa shape index (κ3) is 6.12. The SMILES string of the molecule is CCCC/C([Se]c1ccccc1)=C(\C(O)c1ccc(Cl)cc1)S(=O)(=O)c1ccc(C)cc1. The van der Waals surface area contributed by atoms with Crippen molar-refractivity contribution in [2.75, 3.05) is 0 Å². The van der Waals surface area contributed by atoms with Crippen LogP contribution in [-0.4, -0.2) is 28.5 Å². The Morgan fingerprint density at radius 3 is 2.19 bits per heavy atom. The van der Waals surface area contributed by atoms with E-state index in [1.54, 1.807) is 48.5 Å². The van der Waals surface area contributed by atoms with Crippen molar-refractivity contribution in [3.05, 3.63) is 104 Å². The van der Waals surface area contributed by atoms with Crippen LogP contribution in [0.15, 0.2) is 93.1 Å². The number of aliphatic hydroxyl groups is 1. The molecule has 0 heterocycles. The van der Waals surface area contributed by atoms with Crippen LogP contribution in [0.5, 0.6) is 0 Å². The molecular formula is C26H27ClO3SSe. The van der Waals surface area contributed by atoms with Gasteiger partial charge in [0.2, 0.25) is 0 Å². The van der Waals surface area contributed by atoms with E-state index in [2.05, 4.69) is 6.92 Å². The van der Waals surface area contributed by atoms with E-state index in [-0.39, 0.29) is 24.8 Å². The molecule has 1 unspecified atom stereocenters. The van der Waals surface area contributed by atoms with E-state index in [1.165, 1.54) is 0 Å². The van der Waals surface area contributed by atoms with E-state index in [0.717, 1.165) is 27.3 Å². The summed E-state index contributed by atoms with van der Waals surface area (Å²) in [6.07, 6.45) is 1.14. The number of unbranched alkanes of at least 4 members (excludes halogenated alkanes) is 1. The van der Waals surface area contributed by atoms with Gasteiger partial charge >= 0.3 is 203 Å². The molecule has 0 bridgehead atoms. The normalized spacial score (nSPS) is 13.5. The van der Waals surface area contributed by atoms with Crippen LogP contribution in [0.25, 0.3) is 0 Å². The zero-order chi connectivity index (χ0) is 23.1. The summed E-state index contributed by atoms with van der Waals surface area (Å²) in [7, 11) is -3.91. The molecular weight excluding hydrogens is 507 g/mol. The van der Waals surface area contributed by atoms with E-state index < -0.39 is 15.9 Å². The van der Waals surface area contributed by atoms with Gasteiger partial charge in [0.15, 0.2) is 0 Å². The van der Waals surface area contributed by atoms with Crippen LogP contribution in [-0.2, 0) is 9.84 Å². The molecule has 0 amide bonds. The molecule has 0 aliphatic carbocycles. The molecule has 6 heteroatoms. The Hall–Kier alpha value is -1.88. The predicted molar refractivity (Wildman–Crippen MR) is 133 cm³/mol. The van der Waals surface area contributed by atoms with Crippen molar-refractivity contribution in [2.45, 2.75) is 44.1 Å². The van der Waals surface area contributed by atoms with E-state index in [4.69, 9.17) is 11.6 Å². The maximum absolute atomic E-state index is 13.9. The Morgan fingerprint density at radius 2 is 1.59 bits per heavy atom. The molecule has 0 aromatic heterocycles. The molecule has 3 rings (SSSR count). The van der Waals surface area contributed by atoms with Gasteiger partial charge in [-0.2, -0.15) is 0 Å².